The molecule has 0 saturated heterocycles. The van der Waals surface area contributed by atoms with Crippen molar-refractivity contribution in [2.45, 2.75) is 45.3 Å². The highest BCUT2D eigenvalue weighted by Gasteiger charge is 2.39. The third kappa shape index (κ3) is 6.87. The Kier molecular flexibility index (Phi) is 8.21. The second kappa shape index (κ2) is 10.7. The minimum atomic E-state index is -5.32. The van der Waals surface area contributed by atoms with Crippen LogP contribution in [0.15, 0.2) is 36.4 Å². The van der Waals surface area contributed by atoms with Crippen LogP contribution in [0.4, 0.5) is 45.2 Å². The molecule has 3 aromatic rings. The molecular formula is C24H18ClF9N4O2. The van der Waals surface area contributed by atoms with E-state index in [0.717, 1.165) is 6.07 Å². The zero-order chi connectivity index (χ0) is 30.4. The van der Waals surface area contributed by atoms with E-state index in [1.165, 1.54) is 13.0 Å². The van der Waals surface area contributed by atoms with Crippen molar-refractivity contribution < 1.29 is 49.1 Å². The van der Waals surface area contributed by atoms with Gasteiger partial charge in [0.2, 0.25) is 0 Å². The minimum Gasteiger partial charge on any atom is -0.350 e. The average molecular weight is 601 g/mol. The Morgan fingerprint density at radius 1 is 0.825 bits per heavy atom. The third-order valence-corrected chi connectivity index (χ3v) is 5.47. The second-order valence-corrected chi connectivity index (χ2v) is 9.25. The predicted octanol–water partition coefficient (Wildman–Crippen LogP) is 7.28. The Morgan fingerprint density at radius 3 is 1.85 bits per heavy atom. The van der Waals surface area contributed by atoms with Crippen LogP contribution in [0.25, 0.3) is 5.69 Å². The first kappa shape index (κ1) is 30.8. The molecule has 3 rings (SSSR count). The predicted molar refractivity (Wildman–Crippen MR) is 125 cm³/mol. The monoisotopic (exact) mass is 600 g/mol. The lowest BCUT2D eigenvalue weighted by Gasteiger charge is -2.17. The molecule has 0 radical (unpaired) electrons. The molecule has 2 N–H and O–H groups in total. The number of carbonyl (C=O) groups excluding carboxylic acids is 2. The lowest BCUT2D eigenvalue weighted by Crippen LogP contribution is -2.31. The van der Waals surface area contributed by atoms with Crippen molar-refractivity contribution in [1.29, 1.82) is 0 Å². The third-order valence-electron chi connectivity index (χ3n) is 5.25. The van der Waals surface area contributed by atoms with Gasteiger partial charge in [0.05, 0.1) is 28.1 Å². The van der Waals surface area contributed by atoms with Crippen LogP contribution in [0.5, 0.6) is 0 Å². The summed E-state index contributed by atoms with van der Waals surface area (Å²) in [4.78, 5) is 25.9. The molecule has 0 spiro atoms. The normalized spacial score (nSPS) is 12.6. The molecule has 40 heavy (non-hydrogen) atoms. The summed E-state index contributed by atoms with van der Waals surface area (Å²) in [6.07, 6.45) is -15.9. The van der Waals surface area contributed by atoms with Crippen molar-refractivity contribution in [3.05, 3.63) is 75.1 Å². The van der Waals surface area contributed by atoms with Crippen molar-refractivity contribution >= 4 is 29.1 Å². The largest absolute Gasteiger partial charge is 0.435 e. The number of alkyl halides is 9. The molecule has 2 aromatic carbocycles. The minimum absolute atomic E-state index is 0.0156. The standard InChI is InChI=1S/C24H18ClF9N4O2/c1-10(2)35-20(39)16-8-14(25)4-11(3)19(16)36-21(40)17-9-18(24(32,33)34)37-38(17)15-6-12(22(26,27)28)5-13(7-15)23(29,30)31/h4-10H,1-3H3,(H,35,39)(H,36,40). The van der Waals surface area contributed by atoms with Gasteiger partial charge in [0.1, 0.15) is 5.69 Å². The van der Waals surface area contributed by atoms with Crippen molar-refractivity contribution in [1.82, 2.24) is 15.1 Å². The second-order valence-electron chi connectivity index (χ2n) is 8.82. The molecule has 16 heteroatoms. The van der Waals surface area contributed by atoms with E-state index in [-0.39, 0.29) is 56.8 Å². The molecule has 0 unspecified atom stereocenters. The fourth-order valence-electron chi connectivity index (χ4n) is 3.54. The van der Waals surface area contributed by atoms with Crippen LogP contribution in [0.2, 0.25) is 5.02 Å². The highest BCUT2D eigenvalue weighted by molar-refractivity contribution is 6.31. The SMILES string of the molecule is Cc1cc(Cl)cc(C(=O)NC(C)C)c1NC(=O)c1cc(C(F)(F)F)nn1-c1cc(C(F)(F)F)cc(C(F)(F)F)c1. The number of rotatable bonds is 5. The molecule has 0 fully saturated rings. The Hall–Kier alpha value is -3.75. The van der Waals surface area contributed by atoms with Gasteiger partial charge in [-0.2, -0.15) is 44.6 Å². The Bertz CT molecular complexity index is 1430. The van der Waals surface area contributed by atoms with Crippen LogP contribution in [0.1, 0.15) is 57.1 Å². The molecule has 0 aliphatic rings. The maximum atomic E-state index is 13.5. The van der Waals surface area contributed by atoms with Gasteiger partial charge in [0.15, 0.2) is 5.69 Å². The Balaban J connectivity index is 2.22. The van der Waals surface area contributed by atoms with Gasteiger partial charge in [-0.25, -0.2) is 4.68 Å². The molecular weight excluding hydrogens is 583 g/mol. The summed E-state index contributed by atoms with van der Waals surface area (Å²) in [7, 11) is 0. The molecule has 6 nitrogen and oxygen atoms in total. The first-order valence-electron chi connectivity index (χ1n) is 11.1. The topological polar surface area (TPSA) is 76.0 Å². The van der Waals surface area contributed by atoms with E-state index >= 15 is 0 Å². The van der Waals surface area contributed by atoms with E-state index < -0.39 is 58.5 Å². The van der Waals surface area contributed by atoms with Crippen molar-refractivity contribution in [3.8, 4) is 5.69 Å². The van der Waals surface area contributed by atoms with Gasteiger partial charge >= 0.3 is 18.5 Å². The smallest absolute Gasteiger partial charge is 0.350 e. The highest BCUT2D eigenvalue weighted by atomic mass is 35.5. The van der Waals surface area contributed by atoms with Gasteiger partial charge in [0, 0.05) is 17.1 Å². The molecule has 0 saturated carbocycles. The number of nitrogens with zero attached hydrogens (tertiary/aromatic N) is 2. The van der Waals surface area contributed by atoms with Gasteiger partial charge in [-0.05, 0) is 56.7 Å². The van der Waals surface area contributed by atoms with E-state index in [2.05, 4.69) is 15.7 Å². The molecule has 0 atom stereocenters. The summed E-state index contributed by atoms with van der Waals surface area (Å²) in [5.74, 6) is -2.15. The molecule has 1 aromatic heterocycles. The van der Waals surface area contributed by atoms with Crippen molar-refractivity contribution in [2.75, 3.05) is 5.32 Å². The Labute approximate surface area is 225 Å². The zero-order valence-electron chi connectivity index (χ0n) is 20.5. The number of carbonyl (C=O) groups is 2. The fraction of sp³-hybridized carbons (Fsp3) is 0.292. The number of hydrogen-bond acceptors (Lipinski definition) is 3. The van der Waals surface area contributed by atoms with E-state index in [4.69, 9.17) is 11.6 Å². The summed E-state index contributed by atoms with van der Waals surface area (Å²) in [6.45, 7) is 4.64. The van der Waals surface area contributed by atoms with Gasteiger partial charge in [-0.1, -0.05) is 11.6 Å². The van der Waals surface area contributed by atoms with Crippen LogP contribution >= 0.6 is 11.6 Å². The van der Waals surface area contributed by atoms with E-state index in [0.29, 0.717) is 0 Å². The first-order valence-corrected chi connectivity index (χ1v) is 11.5. The Morgan fingerprint density at radius 2 is 1.38 bits per heavy atom. The lowest BCUT2D eigenvalue weighted by molar-refractivity contribution is -0.143. The molecule has 216 valence electrons. The van der Waals surface area contributed by atoms with Gasteiger partial charge in [-0.3, -0.25) is 9.59 Å². The average Bonchev–Trinajstić information content (AvgIpc) is 3.25. The highest BCUT2D eigenvalue weighted by Crippen LogP contribution is 2.38. The number of aryl methyl sites for hydroxylation is 1. The molecule has 1 heterocycles. The molecule has 2 amide bonds. The molecule has 0 bridgehead atoms. The van der Waals surface area contributed by atoms with Crippen molar-refractivity contribution in [3.63, 3.8) is 0 Å². The lowest BCUT2D eigenvalue weighted by atomic mass is 10.1. The van der Waals surface area contributed by atoms with E-state index in [9.17, 15) is 49.1 Å². The van der Waals surface area contributed by atoms with E-state index in [1.54, 1.807) is 13.8 Å². The van der Waals surface area contributed by atoms with Gasteiger partial charge < -0.3 is 10.6 Å². The summed E-state index contributed by atoms with van der Waals surface area (Å²) >= 11 is 6.00. The first-order chi connectivity index (χ1) is 18.2. The summed E-state index contributed by atoms with van der Waals surface area (Å²) < 4.78 is 121. The number of benzene rings is 2. The van der Waals surface area contributed by atoms with Gasteiger partial charge in [-0.15, -0.1) is 0 Å². The van der Waals surface area contributed by atoms with Crippen LogP contribution in [-0.4, -0.2) is 27.6 Å². The van der Waals surface area contributed by atoms with Crippen LogP contribution < -0.4 is 10.6 Å². The summed E-state index contributed by atoms with van der Waals surface area (Å²) in [5, 5.41) is 7.91. The number of nitrogens with one attached hydrogen (secondary N) is 2. The number of amides is 2. The van der Waals surface area contributed by atoms with Gasteiger partial charge in [0.25, 0.3) is 11.8 Å². The molecule has 0 aliphatic heterocycles. The zero-order valence-corrected chi connectivity index (χ0v) is 21.3. The van der Waals surface area contributed by atoms with Crippen LogP contribution in [0.3, 0.4) is 0 Å². The summed E-state index contributed by atoms with van der Waals surface area (Å²) in [6, 6.07) is 2.25. The van der Waals surface area contributed by atoms with Crippen LogP contribution in [-0.2, 0) is 18.5 Å². The number of aromatic nitrogens is 2. The fourth-order valence-corrected chi connectivity index (χ4v) is 3.82. The number of halogens is 10. The maximum Gasteiger partial charge on any atom is 0.435 e. The summed E-state index contributed by atoms with van der Waals surface area (Å²) in [5.41, 5.74) is -7.87. The maximum absolute atomic E-state index is 13.5. The van der Waals surface area contributed by atoms with Crippen LogP contribution in [0, 0.1) is 6.92 Å². The quantitative estimate of drug-likeness (QED) is 0.302. The molecule has 0 aliphatic carbocycles. The van der Waals surface area contributed by atoms with E-state index in [1.807, 2.05) is 0 Å². The number of anilines is 1. The van der Waals surface area contributed by atoms with Crippen molar-refractivity contribution in [2.24, 2.45) is 0 Å². The number of hydrogen-bond donors (Lipinski definition) is 2.